The Morgan fingerprint density at radius 3 is 2.41 bits per heavy atom. The molecule has 2 aromatic rings. The number of fused-ring (bicyclic) bond motifs is 1. The summed E-state index contributed by atoms with van der Waals surface area (Å²) in [6.45, 7) is 2.90. The molecule has 2 saturated heterocycles. The maximum absolute atomic E-state index is 13.4. The van der Waals surface area contributed by atoms with Gasteiger partial charge in [0.1, 0.15) is 23.8 Å². The van der Waals surface area contributed by atoms with Crippen LogP contribution in [0.2, 0.25) is 0 Å². The van der Waals surface area contributed by atoms with Crippen molar-refractivity contribution in [3.05, 3.63) is 65.5 Å². The van der Waals surface area contributed by atoms with Crippen LogP contribution in [0, 0.1) is 5.82 Å². The number of likely N-dealkylation sites (N-methyl/N-ethyl adjacent to an activating group) is 1. The Morgan fingerprint density at radius 1 is 1.08 bits per heavy atom. The highest BCUT2D eigenvalue weighted by Crippen LogP contribution is 2.28. The topological polar surface area (TPSA) is 85.4 Å². The molecule has 2 fully saturated rings. The zero-order valence-corrected chi connectivity index (χ0v) is 21.5. The SMILES string of the molecule is CCC[C@H]1C(=O)N(CCc2ccc(F)cc2)C[C@H]2N1C(=O)CN(C)N2C(=O)NCc1ccc(OC)cc1. The third kappa shape index (κ3) is 5.85. The number of piperazine rings is 1. The van der Waals surface area contributed by atoms with Crippen LogP contribution in [0.5, 0.6) is 5.75 Å². The Kier molecular flexibility index (Phi) is 8.27. The van der Waals surface area contributed by atoms with E-state index < -0.39 is 12.2 Å². The van der Waals surface area contributed by atoms with E-state index in [4.69, 9.17) is 4.74 Å². The van der Waals surface area contributed by atoms with Crippen molar-refractivity contribution in [3.63, 3.8) is 0 Å². The second kappa shape index (κ2) is 11.6. The van der Waals surface area contributed by atoms with E-state index in [-0.39, 0.29) is 36.8 Å². The van der Waals surface area contributed by atoms with Crippen LogP contribution in [0.4, 0.5) is 9.18 Å². The van der Waals surface area contributed by atoms with Crippen molar-refractivity contribution in [1.29, 1.82) is 0 Å². The summed E-state index contributed by atoms with van der Waals surface area (Å²) in [5.74, 6) is 0.138. The molecule has 10 heteroatoms. The average Bonchev–Trinajstić information content (AvgIpc) is 2.89. The molecule has 0 saturated carbocycles. The Morgan fingerprint density at radius 2 is 1.76 bits per heavy atom. The number of hydrogen-bond donors (Lipinski definition) is 1. The standard InChI is InChI=1S/C27H34FN5O4/c1-4-5-23-26(35)31(15-14-19-6-10-21(28)11-7-19)17-24-32(23)25(34)18-30(2)33(24)27(36)29-16-20-8-12-22(37-3)13-9-20/h6-13,23-24H,4-5,14-18H2,1-3H3,(H,29,36)/t23-,24-/m0/s1. The Labute approximate surface area is 216 Å². The van der Waals surface area contributed by atoms with Gasteiger partial charge in [-0.05, 0) is 48.2 Å². The smallest absolute Gasteiger partial charge is 0.334 e. The number of nitrogens with zero attached hydrogens (tertiary/aromatic N) is 4. The molecule has 9 nitrogen and oxygen atoms in total. The summed E-state index contributed by atoms with van der Waals surface area (Å²) < 4.78 is 18.5. The van der Waals surface area contributed by atoms with Crippen molar-refractivity contribution in [3.8, 4) is 5.75 Å². The summed E-state index contributed by atoms with van der Waals surface area (Å²) in [4.78, 5) is 43.3. The fourth-order valence-corrected chi connectivity index (χ4v) is 4.97. The van der Waals surface area contributed by atoms with Gasteiger partial charge in [0.15, 0.2) is 0 Å². The van der Waals surface area contributed by atoms with E-state index in [0.29, 0.717) is 25.9 Å². The van der Waals surface area contributed by atoms with E-state index in [2.05, 4.69) is 5.32 Å². The predicted molar refractivity (Wildman–Crippen MR) is 136 cm³/mol. The molecule has 0 radical (unpaired) electrons. The van der Waals surface area contributed by atoms with Crippen LogP contribution >= 0.6 is 0 Å². The fraction of sp³-hybridized carbons (Fsp3) is 0.444. The maximum atomic E-state index is 13.4. The zero-order chi connectivity index (χ0) is 26.5. The molecule has 37 heavy (non-hydrogen) atoms. The van der Waals surface area contributed by atoms with Crippen molar-refractivity contribution < 1.29 is 23.5 Å². The quantitative estimate of drug-likeness (QED) is 0.589. The number of hydrazine groups is 1. The van der Waals surface area contributed by atoms with Crippen LogP contribution < -0.4 is 10.1 Å². The molecule has 2 aliphatic heterocycles. The predicted octanol–water partition coefficient (Wildman–Crippen LogP) is 2.61. The van der Waals surface area contributed by atoms with Gasteiger partial charge >= 0.3 is 6.03 Å². The third-order valence-corrected chi connectivity index (χ3v) is 6.90. The molecule has 4 rings (SSSR count). The zero-order valence-electron chi connectivity index (χ0n) is 21.5. The van der Waals surface area contributed by atoms with Gasteiger partial charge in [0.25, 0.3) is 0 Å². The van der Waals surface area contributed by atoms with Gasteiger partial charge < -0.3 is 19.9 Å². The molecule has 0 aromatic heterocycles. The normalized spacial score (nSPS) is 20.2. The fourth-order valence-electron chi connectivity index (χ4n) is 4.97. The minimum atomic E-state index is -0.630. The molecule has 0 bridgehead atoms. The van der Waals surface area contributed by atoms with Gasteiger partial charge in [-0.1, -0.05) is 37.6 Å². The molecular weight excluding hydrogens is 477 g/mol. The number of carbonyl (C=O) groups is 3. The summed E-state index contributed by atoms with van der Waals surface area (Å²) in [6, 6.07) is 12.7. The lowest BCUT2D eigenvalue weighted by Crippen LogP contribution is -2.76. The number of nitrogens with one attached hydrogen (secondary N) is 1. The van der Waals surface area contributed by atoms with Gasteiger partial charge in [-0.25, -0.2) is 19.2 Å². The van der Waals surface area contributed by atoms with Gasteiger partial charge in [-0.2, -0.15) is 0 Å². The first-order valence-corrected chi connectivity index (χ1v) is 12.6. The van der Waals surface area contributed by atoms with Crippen LogP contribution in [-0.4, -0.2) is 83.7 Å². The van der Waals surface area contributed by atoms with E-state index in [9.17, 15) is 18.8 Å². The van der Waals surface area contributed by atoms with Crippen molar-refractivity contribution >= 4 is 17.8 Å². The van der Waals surface area contributed by atoms with Gasteiger partial charge in [-0.15, -0.1) is 0 Å². The number of halogens is 1. The maximum Gasteiger partial charge on any atom is 0.334 e. The highest BCUT2D eigenvalue weighted by Gasteiger charge is 2.50. The summed E-state index contributed by atoms with van der Waals surface area (Å²) in [5.41, 5.74) is 1.82. The molecule has 0 spiro atoms. The highest BCUT2D eigenvalue weighted by atomic mass is 19.1. The summed E-state index contributed by atoms with van der Waals surface area (Å²) in [5, 5.41) is 6.11. The van der Waals surface area contributed by atoms with Crippen molar-refractivity contribution in [2.45, 2.75) is 44.9 Å². The molecule has 198 valence electrons. The molecule has 0 unspecified atom stereocenters. The monoisotopic (exact) mass is 511 g/mol. The molecule has 4 amide bonds. The number of urea groups is 1. The second-order valence-electron chi connectivity index (χ2n) is 9.41. The average molecular weight is 512 g/mol. The number of carbonyl (C=O) groups excluding carboxylic acids is 3. The number of benzene rings is 2. The largest absolute Gasteiger partial charge is 0.497 e. The molecule has 2 heterocycles. The minimum Gasteiger partial charge on any atom is -0.497 e. The van der Waals surface area contributed by atoms with E-state index in [1.165, 1.54) is 12.1 Å². The molecule has 1 N–H and O–H groups in total. The van der Waals surface area contributed by atoms with E-state index in [0.717, 1.165) is 23.3 Å². The number of methoxy groups -OCH3 is 1. The lowest BCUT2D eigenvalue weighted by molar-refractivity contribution is -0.187. The van der Waals surface area contributed by atoms with Crippen LogP contribution in [0.1, 0.15) is 30.9 Å². The number of hydrogen-bond acceptors (Lipinski definition) is 5. The Hall–Kier alpha value is -3.66. The second-order valence-corrected chi connectivity index (χ2v) is 9.41. The first kappa shape index (κ1) is 26.4. The number of amides is 4. The highest BCUT2D eigenvalue weighted by molar-refractivity contribution is 5.91. The lowest BCUT2D eigenvalue weighted by Gasteiger charge is -2.54. The van der Waals surface area contributed by atoms with E-state index >= 15 is 0 Å². The number of ether oxygens (including phenoxy) is 1. The molecule has 2 atom stereocenters. The van der Waals surface area contributed by atoms with Crippen LogP contribution in [-0.2, 0) is 22.6 Å². The van der Waals surface area contributed by atoms with Gasteiger partial charge in [0.05, 0.1) is 20.2 Å². The molecule has 2 aromatic carbocycles. The van der Waals surface area contributed by atoms with Crippen molar-refractivity contribution in [1.82, 2.24) is 25.1 Å². The van der Waals surface area contributed by atoms with Gasteiger partial charge in [0, 0.05) is 20.1 Å². The first-order valence-electron chi connectivity index (χ1n) is 12.6. The van der Waals surface area contributed by atoms with Crippen LogP contribution in [0.3, 0.4) is 0 Å². The summed E-state index contributed by atoms with van der Waals surface area (Å²) >= 11 is 0. The molecular formula is C27H34FN5O4. The Bertz CT molecular complexity index is 1110. The molecule has 2 aliphatic rings. The molecule has 0 aliphatic carbocycles. The summed E-state index contributed by atoms with van der Waals surface area (Å²) in [6.07, 6.45) is 1.16. The van der Waals surface area contributed by atoms with Crippen molar-refractivity contribution in [2.75, 3.05) is 33.8 Å². The van der Waals surface area contributed by atoms with E-state index in [1.807, 2.05) is 31.2 Å². The van der Waals surface area contributed by atoms with E-state index in [1.54, 1.807) is 46.1 Å². The minimum absolute atomic E-state index is 0.00945. The van der Waals surface area contributed by atoms with Gasteiger partial charge in [0.2, 0.25) is 11.8 Å². The van der Waals surface area contributed by atoms with Crippen LogP contribution in [0.25, 0.3) is 0 Å². The van der Waals surface area contributed by atoms with Crippen LogP contribution in [0.15, 0.2) is 48.5 Å². The van der Waals surface area contributed by atoms with Gasteiger partial charge in [-0.3, -0.25) is 9.59 Å². The third-order valence-electron chi connectivity index (χ3n) is 6.90. The first-order chi connectivity index (χ1) is 17.8. The number of rotatable bonds is 8. The summed E-state index contributed by atoms with van der Waals surface area (Å²) in [7, 11) is 3.30. The lowest BCUT2D eigenvalue weighted by atomic mass is 10.0. The van der Waals surface area contributed by atoms with Crippen molar-refractivity contribution in [2.24, 2.45) is 0 Å². The Balaban J connectivity index is 1.52.